The van der Waals surface area contributed by atoms with Crippen LogP contribution in [-0.2, 0) is 24.3 Å². The van der Waals surface area contributed by atoms with Crippen molar-refractivity contribution in [1.82, 2.24) is 0 Å². The molecule has 0 atom stereocenters. The number of rotatable bonds is 9. The van der Waals surface area contributed by atoms with Crippen molar-refractivity contribution in [1.29, 1.82) is 0 Å². The number of carbonyl (C=O) groups excluding carboxylic acids is 1. The molecule has 0 spiro atoms. The Morgan fingerprint density at radius 3 is 2.36 bits per heavy atom. The maximum atomic E-state index is 12.7. The van der Waals surface area contributed by atoms with E-state index in [0.717, 1.165) is 6.07 Å². The average molecular weight is 513 g/mol. The van der Waals surface area contributed by atoms with Gasteiger partial charge in [-0.25, -0.2) is 8.42 Å². The van der Waals surface area contributed by atoms with Gasteiger partial charge in [-0.3, -0.25) is 9.83 Å². The molecule has 0 bridgehead atoms. The van der Waals surface area contributed by atoms with Gasteiger partial charge in [0, 0.05) is 4.90 Å². The predicted molar refractivity (Wildman–Crippen MR) is 107 cm³/mol. The van der Waals surface area contributed by atoms with E-state index in [2.05, 4.69) is 24.9 Å². The Morgan fingerprint density at radius 2 is 1.79 bits per heavy atom. The first-order chi connectivity index (χ1) is 14.7. The minimum Gasteiger partial charge on any atom is -0.744 e. The van der Waals surface area contributed by atoms with Gasteiger partial charge in [0.1, 0.15) is 27.3 Å². The minimum absolute atomic E-state index is 0. The van der Waals surface area contributed by atoms with Crippen LogP contribution in [0.3, 0.4) is 0 Å². The largest absolute Gasteiger partial charge is 1.00 e. The van der Waals surface area contributed by atoms with Crippen LogP contribution in [0, 0.1) is 0 Å². The second-order valence-corrected chi connectivity index (χ2v) is 8.13. The second kappa shape index (κ2) is 15.2. The van der Waals surface area contributed by atoms with Gasteiger partial charge >= 0.3 is 59.1 Å². The zero-order chi connectivity index (χ0) is 23.0. The van der Waals surface area contributed by atoms with Crippen molar-refractivity contribution in [2.24, 2.45) is 10.2 Å². The third kappa shape index (κ3) is 9.76. The summed E-state index contributed by atoms with van der Waals surface area (Å²) in [6.45, 7) is 3.21. The second-order valence-electron chi connectivity index (χ2n) is 6.01. The van der Waals surface area contributed by atoms with Crippen LogP contribution in [0.1, 0.15) is 13.8 Å². The summed E-state index contributed by atoms with van der Waals surface area (Å²) in [5.41, 5.74) is 0.395. The number of ether oxygens (including phenoxy) is 1. The molecule has 15 heteroatoms. The first-order valence-corrected chi connectivity index (χ1v) is 10.6. The third-order valence-electron chi connectivity index (χ3n) is 3.66. The Morgan fingerprint density at radius 1 is 1.12 bits per heavy atom. The van der Waals surface area contributed by atoms with Crippen molar-refractivity contribution >= 4 is 39.4 Å². The van der Waals surface area contributed by atoms with Crippen molar-refractivity contribution in [2.75, 3.05) is 12.4 Å². The molecule has 0 fully saturated rings. The summed E-state index contributed by atoms with van der Waals surface area (Å²) in [5.74, 6) is -0.445. The number of nitrogens with one attached hydrogen (secondary N) is 1. The third-order valence-corrected chi connectivity index (χ3v) is 5.12. The van der Waals surface area contributed by atoms with Gasteiger partial charge in [-0.2, -0.15) is 4.33 Å². The monoisotopic (exact) mass is 513 g/mol. The van der Waals surface area contributed by atoms with Crippen molar-refractivity contribution in [3.05, 3.63) is 53.7 Å². The number of azo groups is 1. The molecule has 2 rings (SSSR count). The van der Waals surface area contributed by atoms with E-state index in [1.54, 1.807) is 26.0 Å². The van der Waals surface area contributed by atoms with Gasteiger partial charge in [-0.1, -0.05) is 12.1 Å². The number of carbonyl (C=O) groups is 1. The molecule has 0 aliphatic rings. The Kier molecular flexibility index (Phi) is 14.9. The molecule has 0 aromatic heterocycles. The van der Waals surface area contributed by atoms with Gasteiger partial charge in [0.05, 0.1) is 29.7 Å². The molecule has 11 nitrogen and oxygen atoms in total. The van der Waals surface area contributed by atoms with Crippen LogP contribution >= 0.6 is 12.0 Å². The summed E-state index contributed by atoms with van der Waals surface area (Å²) >= 11 is 0.637. The van der Waals surface area contributed by atoms with E-state index in [9.17, 15) is 23.0 Å². The Balaban J connectivity index is 0.00000512. The summed E-state index contributed by atoms with van der Waals surface area (Å²) < 4.78 is 43.7. The van der Waals surface area contributed by atoms with Crippen LogP contribution in [0.4, 0.5) is 11.4 Å². The first kappa shape index (κ1) is 32.2. The molecule has 2 aromatic carbocycles. The molecular weight excluding hydrogens is 496 g/mol. The number of benzene rings is 2. The Bertz CT molecular complexity index is 1120. The van der Waals surface area contributed by atoms with E-state index in [0.29, 0.717) is 28.3 Å². The standard InChI is InChI=1S/C18H19N3O8S2.2Na/c1-11(2)17(18(22)19-13-6-4-5-7-16(13)31(24,25)26)21-20-14-10-12(30-29-28-23)8-9-15(14)27-3;;/h4-10,23H,1-3H3,(H,19,22)(H,24,25,26);;/q;2*+1/p-2. The normalized spacial score (nSPS) is 10.7. The van der Waals surface area contributed by atoms with Gasteiger partial charge in [-0.15, -0.1) is 10.2 Å². The van der Waals surface area contributed by atoms with Crippen LogP contribution in [0.15, 0.2) is 73.8 Å². The molecule has 0 aliphatic heterocycles. The molecule has 0 heterocycles. The first-order valence-electron chi connectivity index (χ1n) is 8.44. The topological polar surface area (TPSA) is 162 Å². The van der Waals surface area contributed by atoms with E-state index in [1.807, 2.05) is 0 Å². The Hall–Kier alpha value is -0.810. The molecule has 0 unspecified atom stereocenters. The number of methoxy groups -OCH3 is 1. The molecule has 2 aromatic rings. The Labute approximate surface area is 239 Å². The summed E-state index contributed by atoms with van der Waals surface area (Å²) in [4.78, 5) is 12.6. The summed E-state index contributed by atoms with van der Waals surface area (Å²) in [6, 6.07) is 9.80. The molecule has 0 aliphatic carbocycles. The zero-order valence-corrected chi connectivity index (χ0v) is 24.2. The number of hydrogen-bond acceptors (Lipinski definition) is 11. The number of anilines is 1. The molecule has 1 amide bonds. The minimum atomic E-state index is -4.80. The fraction of sp³-hybridized carbons (Fsp3) is 0.167. The molecule has 1 N–H and O–H groups in total. The quantitative estimate of drug-likeness (QED) is 0.0694. The number of hydrogen-bond donors (Lipinski definition) is 1. The van der Waals surface area contributed by atoms with E-state index in [4.69, 9.17) is 4.74 Å². The SMILES string of the molecule is COc1ccc(SOO[O-])cc1N=NC(C(=O)Nc1ccccc1S(=O)(=O)[O-])=C(C)C.[Na+].[Na+]. The molecule has 0 radical (unpaired) electrons. The van der Waals surface area contributed by atoms with E-state index in [-0.39, 0.29) is 76.2 Å². The summed E-state index contributed by atoms with van der Waals surface area (Å²) in [7, 11) is -3.39. The molecule has 166 valence electrons. The van der Waals surface area contributed by atoms with Crippen LogP contribution in [0.2, 0.25) is 0 Å². The van der Waals surface area contributed by atoms with Crippen LogP contribution in [-0.4, -0.2) is 26.0 Å². The van der Waals surface area contributed by atoms with Crippen molar-refractivity contribution in [2.45, 2.75) is 23.6 Å². The van der Waals surface area contributed by atoms with E-state index >= 15 is 0 Å². The van der Waals surface area contributed by atoms with Crippen molar-refractivity contribution in [3.63, 3.8) is 0 Å². The van der Waals surface area contributed by atoms with Gasteiger partial charge in [-0.05, 0) is 49.8 Å². The van der Waals surface area contributed by atoms with Crippen molar-refractivity contribution in [3.8, 4) is 5.75 Å². The number of nitrogens with zero attached hydrogens (tertiary/aromatic N) is 2. The number of amides is 1. The smallest absolute Gasteiger partial charge is 0.744 e. The average Bonchev–Trinajstić information content (AvgIpc) is 2.71. The number of allylic oxidation sites excluding steroid dienone is 1. The molecule has 0 saturated heterocycles. The molecule has 33 heavy (non-hydrogen) atoms. The van der Waals surface area contributed by atoms with Crippen LogP contribution in [0.25, 0.3) is 0 Å². The van der Waals surface area contributed by atoms with Gasteiger partial charge in [0.2, 0.25) is 0 Å². The van der Waals surface area contributed by atoms with E-state index in [1.165, 1.54) is 31.4 Å². The maximum Gasteiger partial charge on any atom is 1.00 e. The summed E-state index contributed by atoms with van der Waals surface area (Å²) in [5, 5.41) is 23.6. The van der Waals surface area contributed by atoms with Gasteiger partial charge in [0.25, 0.3) is 5.91 Å². The van der Waals surface area contributed by atoms with E-state index < -0.39 is 20.9 Å². The summed E-state index contributed by atoms with van der Waals surface area (Å²) in [6.07, 6.45) is 0. The van der Waals surface area contributed by atoms with Gasteiger partial charge < -0.3 is 19.9 Å². The van der Waals surface area contributed by atoms with Crippen molar-refractivity contribution < 1.29 is 96.2 Å². The number of para-hydroxylation sites is 1. The predicted octanol–water partition coefficient (Wildman–Crippen LogP) is -3.15. The maximum absolute atomic E-state index is 12.7. The van der Waals surface area contributed by atoms with Gasteiger partial charge in [0.15, 0.2) is 0 Å². The fourth-order valence-electron chi connectivity index (χ4n) is 2.30. The van der Waals surface area contributed by atoms with Crippen LogP contribution in [0.5, 0.6) is 5.75 Å². The van der Waals surface area contributed by atoms with Crippen LogP contribution < -0.4 is 74.4 Å². The molecule has 0 saturated carbocycles. The molecular formula is C18H17N3Na2O8S2. The fourth-order valence-corrected chi connectivity index (χ4v) is 3.32. The zero-order valence-electron chi connectivity index (χ0n) is 18.5.